The number of rotatable bonds is 4. The molecule has 4 rings (SSSR count). The van der Waals surface area contributed by atoms with Gasteiger partial charge in [0.25, 0.3) is 5.56 Å². The Morgan fingerprint density at radius 1 is 1.04 bits per heavy atom. The van der Waals surface area contributed by atoms with E-state index in [1.54, 1.807) is 24.7 Å². The normalized spacial score (nSPS) is 11.9. The van der Waals surface area contributed by atoms with Crippen LogP contribution in [0.2, 0.25) is 0 Å². The lowest BCUT2D eigenvalue weighted by molar-refractivity contribution is 0.402. The van der Waals surface area contributed by atoms with E-state index in [9.17, 15) is 4.79 Å². The SMILES string of the molecule is COc1ccc(OC)c(/C=c2/sc3nnc(-c4ccc(C)cc4)n3c2=O)c1. The summed E-state index contributed by atoms with van der Waals surface area (Å²) in [5, 5.41) is 8.36. The van der Waals surface area contributed by atoms with Crippen LogP contribution in [0.4, 0.5) is 0 Å². The molecule has 7 heteroatoms. The van der Waals surface area contributed by atoms with Gasteiger partial charge >= 0.3 is 0 Å². The summed E-state index contributed by atoms with van der Waals surface area (Å²) >= 11 is 1.29. The summed E-state index contributed by atoms with van der Waals surface area (Å²) < 4.78 is 12.8. The number of thiazole rings is 1. The van der Waals surface area contributed by atoms with Crippen LogP contribution in [0.3, 0.4) is 0 Å². The van der Waals surface area contributed by atoms with Gasteiger partial charge in [-0.2, -0.15) is 0 Å². The van der Waals surface area contributed by atoms with E-state index < -0.39 is 0 Å². The molecule has 0 N–H and O–H groups in total. The minimum atomic E-state index is -0.152. The highest BCUT2D eigenvalue weighted by atomic mass is 32.1. The second-order valence-electron chi connectivity index (χ2n) is 6.03. The zero-order valence-electron chi connectivity index (χ0n) is 15.1. The molecule has 0 amide bonds. The lowest BCUT2D eigenvalue weighted by Gasteiger charge is -2.06. The molecule has 0 bridgehead atoms. The molecule has 0 radical (unpaired) electrons. The van der Waals surface area contributed by atoms with Crippen LogP contribution in [0.1, 0.15) is 11.1 Å². The van der Waals surface area contributed by atoms with E-state index in [0.29, 0.717) is 26.8 Å². The van der Waals surface area contributed by atoms with Crippen LogP contribution < -0.4 is 19.6 Å². The number of nitrogens with zero attached hydrogens (tertiary/aromatic N) is 3. The largest absolute Gasteiger partial charge is 0.497 e. The van der Waals surface area contributed by atoms with Gasteiger partial charge < -0.3 is 9.47 Å². The molecule has 27 heavy (non-hydrogen) atoms. The van der Waals surface area contributed by atoms with Crippen molar-refractivity contribution in [3.63, 3.8) is 0 Å². The molecule has 4 aromatic rings. The fraction of sp³-hybridized carbons (Fsp3) is 0.150. The van der Waals surface area contributed by atoms with E-state index >= 15 is 0 Å². The minimum Gasteiger partial charge on any atom is -0.497 e. The van der Waals surface area contributed by atoms with Crippen LogP contribution in [0.15, 0.2) is 47.3 Å². The van der Waals surface area contributed by atoms with Crippen molar-refractivity contribution in [3.8, 4) is 22.9 Å². The predicted molar refractivity (Wildman–Crippen MR) is 106 cm³/mol. The predicted octanol–water partition coefficient (Wildman–Crippen LogP) is 2.69. The Balaban J connectivity index is 1.90. The molecular formula is C20H17N3O3S. The van der Waals surface area contributed by atoms with Gasteiger partial charge in [0.15, 0.2) is 5.82 Å². The first-order valence-corrected chi connectivity index (χ1v) is 9.11. The average Bonchev–Trinajstić information content (AvgIpc) is 3.23. The summed E-state index contributed by atoms with van der Waals surface area (Å²) in [5.74, 6) is 1.90. The van der Waals surface area contributed by atoms with Crippen molar-refractivity contribution in [2.24, 2.45) is 0 Å². The molecule has 2 heterocycles. The quantitative estimate of drug-likeness (QED) is 0.545. The minimum absolute atomic E-state index is 0.152. The maximum atomic E-state index is 13.0. The maximum Gasteiger partial charge on any atom is 0.276 e. The number of fused-ring (bicyclic) bond motifs is 1. The zero-order chi connectivity index (χ0) is 19.0. The van der Waals surface area contributed by atoms with E-state index in [4.69, 9.17) is 9.47 Å². The van der Waals surface area contributed by atoms with Crippen LogP contribution in [-0.4, -0.2) is 28.8 Å². The van der Waals surface area contributed by atoms with Gasteiger partial charge in [0.2, 0.25) is 4.96 Å². The molecule has 0 aliphatic heterocycles. The van der Waals surface area contributed by atoms with Crippen molar-refractivity contribution in [1.29, 1.82) is 0 Å². The number of aromatic nitrogens is 3. The van der Waals surface area contributed by atoms with Gasteiger partial charge in [-0.15, -0.1) is 10.2 Å². The Morgan fingerprint density at radius 2 is 1.81 bits per heavy atom. The standard InChI is InChI=1S/C20H17N3O3S/c1-12-4-6-13(7-5-12)18-21-22-20-23(18)19(24)17(27-20)11-14-10-15(25-2)8-9-16(14)26-3/h4-11H,1-3H3/b17-11+. The molecule has 0 aliphatic rings. The third kappa shape index (κ3) is 3.06. The number of aryl methyl sites for hydroxylation is 1. The Hall–Kier alpha value is -3.19. The van der Waals surface area contributed by atoms with Crippen LogP contribution in [-0.2, 0) is 0 Å². The average molecular weight is 379 g/mol. The van der Waals surface area contributed by atoms with Crippen molar-refractivity contribution in [2.45, 2.75) is 6.92 Å². The van der Waals surface area contributed by atoms with Gasteiger partial charge in [0.1, 0.15) is 11.5 Å². The van der Waals surface area contributed by atoms with Crippen LogP contribution >= 0.6 is 11.3 Å². The highest BCUT2D eigenvalue weighted by Gasteiger charge is 2.14. The lowest BCUT2D eigenvalue weighted by atomic mass is 10.1. The molecule has 2 aromatic carbocycles. The Bertz CT molecular complexity index is 1230. The van der Waals surface area contributed by atoms with Crippen LogP contribution in [0.25, 0.3) is 22.4 Å². The molecule has 0 aliphatic carbocycles. The van der Waals surface area contributed by atoms with Crippen molar-refractivity contribution in [2.75, 3.05) is 14.2 Å². The number of methoxy groups -OCH3 is 2. The van der Waals surface area contributed by atoms with Crippen molar-refractivity contribution < 1.29 is 9.47 Å². The van der Waals surface area contributed by atoms with Crippen molar-refractivity contribution >= 4 is 22.4 Å². The highest BCUT2D eigenvalue weighted by molar-refractivity contribution is 7.15. The van der Waals surface area contributed by atoms with E-state index in [1.165, 1.54) is 11.3 Å². The molecular weight excluding hydrogens is 362 g/mol. The number of benzene rings is 2. The van der Waals surface area contributed by atoms with Crippen molar-refractivity contribution in [1.82, 2.24) is 14.6 Å². The van der Waals surface area contributed by atoms with Gasteiger partial charge in [-0.25, -0.2) is 4.40 Å². The highest BCUT2D eigenvalue weighted by Crippen LogP contribution is 2.25. The molecule has 136 valence electrons. The number of hydrogen-bond acceptors (Lipinski definition) is 6. The topological polar surface area (TPSA) is 65.7 Å². The van der Waals surface area contributed by atoms with E-state index in [-0.39, 0.29) is 5.56 Å². The summed E-state index contributed by atoms with van der Waals surface area (Å²) in [6, 6.07) is 13.3. The Labute approximate surface area is 159 Å². The number of hydrogen-bond donors (Lipinski definition) is 0. The van der Waals surface area contributed by atoms with Gasteiger partial charge in [-0.05, 0) is 31.2 Å². The first kappa shape index (κ1) is 17.2. The van der Waals surface area contributed by atoms with Gasteiger partial charge in [-0.1, -0.05) is 41.2 Å². The third-order valence-corrected chi connectivity index (χ3v) is 5.24. The molecule has 6 nitrogen and oxygen atoms in total. The Morgan fingerprint density at radius 3 is 2.52 bits per heavy atom. The van der Waals surface area contributed by atoms with E-state index in [1.807, 2.05) is 49.4 Å². The third-order valence-electron chi connectivity index (χ3n) is 4.28. The van der Waals surface area contributed by atoms with Crippen LogP contribution in [0, 0.1) is 6.92 Å². The van der Waals surface area contributed by atoms with Gasteiger partial charge in [-0.3, -0.25) is 4.79 Å². The molecule has 0 saturated carbocycles. The molecule has 2 aromatic heterocycles. The number of ether oxygens (including phenoxy) is 2. The summed E-state index contributed by atoms with van der Waals surface area (Å²) in [7, 11) is 3.20. The second kappa shape index (κ2) is 6.85. The molecule has 0 fully saturated rings. The zero-order valence-corrected chi connectivity index (χ0v) is 15.9. The fourth-order valence-corrected chi connectivity index (χ4v) is 3.75. The first-order chi connectivity index (χ1) is 13.1. The first-order valence-electron chi connectivity index (χ1n) is 8.29. The molecule has 0 saturated heterocycles. The summed E-state index contributed by atoms with van der Waals surface area (Å²) in [4.78, 5) is 13.6. The van der Waals surface area contributed by atoms with Crippen LogP contribution in [0.5, 0.6) is 11.5 Å². The van der Waals surface area contributed by atoms with Crippen molar-refractivity contribution in [3.05, 3.63) is 68.5 Å². The lowest BCUT2D eigenvalue weighted by Crippen LogP contribution is -2.23. The summed E-state index contributed by atoms with van der Waals surface area (Å²) in [6.45, 7) is 2.02. The monoisotopic (exact) mass is 379 g/mol. The van der Waals surface area contributed by atoms with Gasteiger partial charge in [0.05, 0.1) is 18.8 Å². The van der Waals surface area contributed by atoms with E-state index in [2.05, 4.69) is 10.2 Å². The molecule has 0 unspecified atom stereocenters. The smallest absolute Gasteiger partial charge is 0.276 e. The van der Waals surface area contributed by atoms with E-state index in [0.717, 1.165) is 16.7 Å². The Kier molecular flexibility index (Phi) is 4.37. The molecule has 0 spiro atoms. The maximum absolute atomic E-state index is 13.0. The summed E-state index contributed by atoms with van der Waals surface area (Å²) in [6.07, 6.45) is 1.79. The fourth-order valence-electron chi connectivity index (χ4n) is 2.85. The summed E-state index contributed by atoms with van der Waals surface area (Å²) in [5.41, 5.74) is 2.61. The molecule has 0 atom stereocenters. The van der Waals surface area contributed by atoms with Gasteiger partial charge in [0, 0.05) is 11.1 Å². The second-order valence-corrected chi connectivity index (χ2v) is 7.04.